The van der Waals surface area contributed by atoms with Crippen molar-refractivity contribution in [2.45, 2.75) is 45.1 Å². The van der Waals surface area contributed by atoms with Gasteiger partial charge in [0.05, 0.1) is 17.9 Å². The van der Waals surface area contributed by atoms with E-state index in [9.17, 15) is 13.6 Å². The van der Waals surface area contributed by atoms with Crippen molar-refractivity contribution in [3.63, 3.8) is 0 Å². The number of pyridine rings is 2. The first-order chi connectivity index (χ1) is 15.1. The van der Waals surface area contributed by atoms with Crippen LogP contribution < -0.4 is 10.6 Å². The first kappa shape index (κ1) is 21.1. The lowest BCUT2D eigenvalue weighted by Gasteiger charge is -2.23. The summed E-state index contributed by atoms with van der Waals surface area (Å²) in [5.41, 5.74) is 0.880. The Hall–Kier alpha value is -3.10. The van der Waals surface area contributed by atoms with E-state index in [0.29, 0.717) is 33.8 Å². The highest BCUT2D eigenvalue weighted by Crippen LogP contribution is 2.34. The summed E-state index contributed by atoms with van der Waals surface area (Å²) in [7, 11) is 0. The molecule has 1 amide bonds. The number of carbonyl (C=O) groups is 1. The molecule has 31 heavy (non-hydrogen) atoms. The van der Waals surface area contributed by atoms with Gasteiger partial charge in [0.15, 0.2) is 17.5 Å². The second kappa shape index (κ2) is 9.36. The highest BCUT2D eigenvalue weighted by atomic mass is 19.1. The fourth-order valence-corrected chi connectivity index (χ4v) is 3.87. The smallest absolute Gasteiger partial charge is 0.228 e. The van der Waals surface area contributed by atoms with Crippen molar-refractivity contribution in [1.82, 2.24) is 15.0 Å². The minimum atomic E-state index is -1.05. The van der Waals surface area contributed by atoms with Crippen LogP contribution in [0.15, 0.2) is 29.1 Å². The van der Waals surface area contributed by atoms with E-state index in [1.165, 1.54) is 0 Å². The van der Waals surface area contributed by atoms with Crippen LogP contribution in [0.3, 0.4) is 0 Å². The highest BCUT2D eigenvalue weighted by Gasteiger charge is 2.24. The van der Waals surface area contributed by atoms with E-state index in [1.54, 1.807) is 31.6 Å². The monoisotopic (exact) mass is 429 g/mol. The standard InChI is InChI=1S/C22H25F2N5O2/c1-13-25-12-19(31-13)18-7-17-15(10-26-18)11-27-21(20(17)28-16(8-23)9-24)29-22(30)14-5-3-2-4-6-14/h7,10-12,14,16,28H,2-6,8-9H2,1H3,(H,27,29,30). The molecule has 1 saturated carbocycles. The van der Waals surface area contributed by atoms with Gasteiger partial charge in [0.1, 0.15) is 19.0 Å². The van der Waals surface area contributed by atoms with Crippen molar-refractivity contribution in [2.75, 3.05) is 24.0 Å². The Balaban J connectivity index is 1.75. The molecule has 0 bridgehead atoms. The van der Waals surface area contributed by atoms with E-state index in [0.717, 1.165) is 32.1 Å². The Morgan fingerprint density at radius 2 is 1.87 bits per heavy atom. The van der Waals surface area contributed by atoms with E-state index in [4.69, 9.17) is 4.42 Å². The Bertz CT molecular complexity index is 1060. The molecule has 1 fully saturated rings. The van der Waals surface area contributed by atoms with Gasteiger partial charge in [0.2, 0.25) is 5.91 Å². The van der Waals surface area contributed by atoms with Crippen molar-refractivity contribution >= 4 is 28.2 Å². The van der Waals surface area contributed by atoms with E-state index < -0.39 is 19.4 Å². The van der Waals surface area contributed by atoms with Crippen LogP contribution in [-0.4, -0.2) is 40.3 Å². The first-order valence-electron chi connectivity index (χ1n) is 10.5. The van der Waals surface area contributed by atoms with Crippen LogP contribution in [0.25, 0.3) is 22.2 Å². The number of halogens is 2. The largest absolute Gasteiger partial charge is 0.439 e. The molecule has 164 valence electrons. The molecule has 2 N–H and O–H groups in total. The van der Waals surface area contributed by atoms with Gasteiger partial charge in [-0.2, -0.15) is 0 Å². The van der Waals surface area contributed by atoms with E-state index in [-0.39, 0.29) is 17.6 Å². The van der Waals surface area contributed by atoms with Gasteiger partial charge in [-0.25, -0.2) is 18.7 Å². The van der Waals surface area contributed by atoms with Gasteiger partial charge in [0, 0.05) is 36.0 Å². The number of nitrogens with one attached hydrogen (secondary N) is 2. The predicted molar refractivity (Wildman–Crippen MR) is 114 cm³/mol. The Kier molecular flexibility index (Phi) is 6.39. The summed E-state index contributed by atoms with van der Waals surface area (Å²) in [6.45, 7) is -0.0717. The molecule has 4 rings (SSSR count). The number of aryl methyl sites for hydroxylation is 1. The summed E-state index contributed by atoms with van der Waals surface area (Å²) in [5.74, 6) is 1.03. The summed E-state index contributed by atoms with van der Waals surface area (Å²) in [6.07, 6.45) is 9.59. The average molecular weight is 429 g/mol. The zero-order valence-corrected chi connectivity index (χ0v) is 17.3. The third kappa shape index (κ3) is 4.65. The van der Waals surface area contributed by atoms with E-state index >= 15 is 0 Å². The fourth-order valence-electron chi connectivity index (χ4n) is 3.87. The summed E-state index contributed by atoms with van der Waals surface area (Å²) >= 11 is 0. The Labute approximate surface area is 178 Å². The van der Waals surface area contributed by atoms with Crippen LogP contribution in [0.5, 0.6) is 0 Å². The molecule has 0 atom stereocenters. The molecule has 3 heterocycles. The predicted octanol–water partition coefficient (Wildman–Crippen LogP) is 4.83. The number of nitrogens with zero attached hydrogens (tertiary/aromatic N) is 3. The van der Waals surface area contributed by atoms with Crippen molar-refractivity contribution < 1.29 is 18.0 Å². The van der Waals surface area contributed by atoms with Crippen LogP contribution in [0.1, 0.15) is 38.0 Å². The maximum absolute atomic E-state index is 13.3. The molecule has 0 radical (unpaired) electrons. The molecule has 0 aliphatic heterocycles. The molecule has 0 saturated heterocycles. The van der Waals surface area contributed by atoms with E-state index in [2.05, 4.69) is 25.6 Å². The van der Waals surface area contributed by atoms with Gasteiger partial charge in [0.25, 0.3) is 0 Å². The lowest BCUT2D eigenvalue weighted by molar-refractivity contribution is -0.120. The zero-order chi connectivity index (χ0) is 21.8. The molecule has 0 aromatic carbocycles. The third-order valence-electron chi connectivity index (χ3n) is 5.59. The zero-order valence-electron chi connectivity index (χ0n) is 17.3. The number of anilines is 2. The molecule has 3 aromatic heterocycles. The van der Waals surface area contributed by atoms with Crippen LogP contribution in [0.4, 0.5) is 20.3 Å². The molecular weight excluding hydrogens is 404 g/mol. The second-order valence-corrected chi connectivity index (χ2v) is 7.86. The lowest BCUT2D eigenvalue weighted by Crippen LogP contribution is -2.28. The number of amides is 1. The summed E-state index contributed by atoms with van der Waals surface area (Å²) in [6, 6.07) is 0.685. The van der Waals surface area contributed by atoms with Crippen molar-refractivity contribution in [3.05, 3.63) is 30.5 Å². The number of fused-ring (bicyclic) bond motifs is 1. The number of rotatable bonds is 7. The van der Waals surface area contributed by atoms with Gasteiger partial charge >= 0.3 is 0 Å². The van der Waals surface area contributed by atoms with Gasteiger partial charge < -0.3 is 15.1 Å². The normalized spacial score (nSPS) is 14.8. The maximum Gasteiger partial charge on any atom is 0.228 e. The number of hydrogen-bond acceptors (Lipinski definition) is 6. The van der Waals surface area contributed by atoms with Crippen LogP contribution in [0.2, 0.25) is 0 Å². The van der Waals surface area contributed by atoms with Gasteiger partial charge in [-0.05, 0) is 18.9 Å². The summed E-state index contributed by atoms with van der Waals surface area (Å²) in [4.78, 5) is 25.6. The number of aromatic nitrogens is 3. The Morgan fingerprint density at radius 1 is 1.13 bits per heavy atom. The molecule has 1 aliphatic rings. The molecule has 0 spiro atoms. The molecule has 0 unspecified atom stereocenters. The lowest BCUT2D eigenvalue weighted by atomic mass is 9.88. The summed E-state index contributed by atoms with van der Waals surface area (Å²) < 4.78 is 32.2. The summed E-state index contributed by atoms with van der Waals surface area (Å²) in [5, 5.41) is 7.04. The number of alkyl halides is 2. The molecular formula is C22H25F2N5O2. The fraction of sp³-hybridized carbons (Fsp3) is 0.455. The molecule has 3 aromatic rings. The van der Waals surface area contributed by atoms with Gasteiger partial charge in [-0.15, -0.1) is 0 Å². The number of oxazole rings is 1. The Morgan fingerprint density at radius 3 is 2.55 bits per heavy atom. The van der Waals surface area contributed by atoms with Crippen LogP contribution in [-0.2, 0) is 4.79 Å². The minimum Gasteiger partial charge on any atom is -0.439 e. The van der Waals surface area contributed by atoms with Crippen molar-refractivity contribution in [1.29, 1.82) is 0 Å². The quantitative estimate of drug-likeness (QED) is 0.559. The van der Waals surface area contributed by atoms with Gasteiger partial charge in [-0.1, -0.05) is 19.3 Å². The highest BCUT2D eigenvalue weighted by molar-refractivity contribution is 6.04. The van der Waals surface area contributed by atoms with Crippen LogP contribution >= 0.6 is 0 Å². The molecule has 7 nitrogen and oxygen atoms in total. The van der Waals surface area contributed by atoms with Gasteiger partial charge in [-0.3, -0.25) is 9.78 Å². The van der Waals surface area contributed by atoms with Crippen molar-refractivity contribution in [2.24, 2.45) is 5.92 Å². The van der Waals surface area contributed by atoms with E-state index in [1.807, 2.05) is 0 Å². The molecule has 9 heteroatoms. The first-order valence-corrected chi connectivity index (χ1v) is 10.5. The molecule has 1 aliphatic carbocycles. The average Bonchev–Trinajstić information content (AvgIpc) is 3.24. The SMILES string of the molecule is Cc1ncc(-c2cc3c(NC(CF)CF)c(NC(=O)C4CCCCC4)ncc3cn2)o1. The number of hydrogen-bond donors (Lipinski definition) is 2. The number of carbonyl (C=O) groups excluding carboxylic acids is 1. The maximum atomic E-state index is 13.3. The van der Waals surface area contributed by atoms with Crippen molar-refractivity contribution in [3.8, 4) is 11.5 Å². The topological polar surface area (TPSA) is 92.9 Å². The second-order valence-electron chi connectivity index (χ2n) is 7.86. The minimum absolute atomic E-state index is 0.0811. The third-order valence-corrected chi connectivity index (χ3v) is 5.59. The van der Waals surface area contributed by atoms with Crippen LogP contribution in [0, 0.1) is 12.8 Å².